The number of piperazine rings is 1. The Bertz CT molecular complexity index is 1200. The van der Waals surface area contributed by atoms with E-state index in [0.717, 1.165) is 31.9 Å². The Morgan fingerprint density at radius 3 is 2.71 bits per heavy atom. The zero-order chi connectivity index (χ0) is 24.2. The zero-order valence-corrected chi connectivity index (χ0v) is 19.9. The van der Waals surface area contributed by atoms with E-state index >= 15 is 0 Å². The number of carbonyl (C=O) groups is 1. The van der Waals surface area contributed by atoms with E-state index in [2.05, 4.69) is 27.1 Å². The molecule has 1 saturated heterocycles. The van der Waals surface area contributed by atoms with Gasteiger partial charge in [-0.1, -0.05) is 17.7 Å². The Morgan fingerprint density at radius 2 is 2.00 bits per heavy atom. The first-order valence-corrected chi connectivity index (χ1v) is 11.3. The van der Waals surface area contributed by atoms with Gasteiger partial charge in [0.15, 0.2) is 0 Å². The van der Waals surface area contributed by atoms with Crippen molar-refractivity contribution in [2.45, 2.75) is 0 Å². The van der Waals surface area contributed by atoms with E-state index in [9.17, 15) is 9.18 Å². The van der Waals surface area contributed by atoms with Crippen molar-refractivity contribution >= 4 is 45.5 Å². The highest BCUT2D eigenvalue weighted by molar-refractivity contribution is 6.33. The van der Waals surface area contributed by atoms with Crippen LogP contribution in [0.5, 0.6) is 5.75 Å². The van der Waals surface area contributed by atoms with Crippen molar-refractivity contribution in [3.63, 3.8) is 0 Å². The number of carbonyl (C=O) groups excluding carboxylic acids is 1. The second kappa shape index (κ2) is 10.4. The molecule has 8 nitrogen and oxygen atoms in total. The van der Waals surface area contributed by atoms with Crippen molar-refractivity contribution < 1.29 is 18.7 Å². The highest BCUT2D eigenvalue weighted by Gasteiger charge is 2.22. The average Bonchev–Trinajstić information content (AvgIpc) is 2.82. The van der Waals surface area contributed by atoms with E-state index in [1.807, 2.05) is 12.1 Å². The van der Waals surface area contributed by atoms with Gasteiger partial charge in [-0.05, 0) is 25.2 Å². The fraction of sp³-hybridized carbons (Fsp3) is 0.333. The molecule has 0 spiro atoms. The topological polar surface area (TPSA) is 92.9 Å². The number of primary amides is 1. The molecule has 1 aliphatic heterocycles. The monoisotopic (exact) mass is 487 g/mol. The molecule has 2 aromatic carbocycles. The lowest BCUT2D eigenvalue weighted by atomic mass is 10.1. The molecule has 0 atom stereocenters. The summed E-state index contributed by atoms with van der Waals surface area (Å²) in [6.45, 7) is 4.25. The summed E-state index contributed by atoms with van der Waals surface area (Å²) in [5, 5.41) is 3.68. The summed E-state index contributed by atoms with van der Waals surface area (Å²) in [6, 6.07) is 8.20. The molecule has 0 radical (unpaired) electrons. The van der Waals surface area contributed by atoms with Gasteiger partial charge in [-0.15, -0.1) is 0 Å². The zero-order valence-electron chi connectivity index (χ0n) is 19.1. The maximum atomic E-state index is 14.1. The number of pyridine rings is 1. The Balaban J connectivity index is 1.86. The SMILES string of the molecule is COCCOc1cc2ncc(C(N)=O)c(Nc3cccc(F)c3Cl)c2cc1N1CCN(C)CC1. The van der Waals surface area contributed by atoms with Gasteiger partial charge in [-0.25, -0.2) is 4.39 Å². The van der Waals surface area contributed by atoms with Crippen molar-refractivity contribution in [2.75, 3.05) is 63.8 Å². The molecule has 0 unspecified atom stereocenters. The first-order valence-electron chi connectivity index (χ1n) is 10.9. The van der Waals surface area contributed by atoms with Gasteiger partial charge >= 0.3 is 0 Å². The van der Waals surface area contributed by atoms with E-state index in [0.29, 0.717) is 41.2 Å². The first kappa shape index (κ1) is 24.0. The fourth-order valence-electron chi connectivity index (χ4n) is 3.91. The summed E-state index contributed by atoms with van der Waals surface area (Å²) in [5.41, 5.74) is 8.01. The first-order chi connectivity index (χ1) is 16.4. The van der Waals surface area contributed by atoms with Gasteiger partial charge in [0, 0.05) is 50.9 Å². The van der Waals surface area contributed by atoms with Crippen LogP contribution in [-0.4, -0.2) is 69.3 Å². The highest BCUT2D eigenvalue weighted by atomic mass is 35.5. The van der Waals surface area contributed by atoms with Crippen LogP contribution in [0.25, 0.3) is 10.9 Å². The molecule has 0 aliphatic carbocycles. The molecule has 0 saturated carbocycles. The van der Waals surface area contributed by atoms with Crippen LogP contribution in [0.2, 0.25) is 5.02 Å². The van der Waals surface area contributed by atoms with Crippen LogP contribution in [0.1, 0.15) is 10.4 Å². The highest BCUT2D eigenvalue weighted by Crippen LogP contribution is 2.39. The van der Waals surface area contributed by atoms with Crippen molar-refractivity contribution in [1.29, 1.82) is 0 Å². The summed E-state index contributed by atoms with van der Waals surface area (Å²) in [4.78, 5) is 21.2. The number of amides is 1. The van der Waals surface area contributed by atoms with Crippen LogP contribution in [0.15, 0.2) is 36.5 Å². The Kier molecular flexibility index (Phi) is 7.35. The van der Waals surface area contributed by atoms with Crippen molar-refractivity contribution in [3.05, 3.63) is 52.9 Å². The van der Waals surface area contributed by atoms with Crippen LogP contribution in [-0.2, 0) is 4.74 Å². The predicted octanol–water partition coefficient (Wildman–Crippen LogP) is 3.65. The molecule has 1 fully saturated rings. The molecule has 1 aliphatic rings. The molecule has 180 valence electrons. The minimum atomic E-state index is -0.661. The standard InChI is InChI=1S/C24H27ClFN5O3/c1-30-6-8-31(9-7-30)20-12-15-19(13-21(20)34-11-10-33-2)28-14-16(24(27)32)23(15)29-18-5-3-4-17(26)22(18)25/h3-5,12-14H,6-11H2,1-2H3,(H2,27,32)(H,28,29). The lowest BCUT2D eigenvalue weighted by Gasteiger charge is -2.35. The second-order valence-electron chi connectivity index (χ2n) is 8.11. The number of likely N-dealkylation sites (N-methyl/N-ethyl adjacent to an activating group) is 1. The number of aromatic nitrogens is 1. The third-order valence-corrected chi connectivity index (χ3v) is 6.20. The summed E-state index contributed by atoms with van der Waals surface area (Å²) in [6.07, 6.45) is 1.40. The Hall–Kier alpha value is -3.14. The van der Waals surface area contributed by atoms with Crippen LogP contribution >= 0.6 is 11.6 Å². The van der Waals surface area contributed by atoms with Gasteiger partial charge < -0.3 is 30.3 Å². The maximum Gasteiger partial charge on any atom is 0.252 e. The summed E-state index contributed by atoms with van der Waals surface area (Å²) in [7, 11) is 3.70. The quantitative estimate of drug-likeness (QED) is 0.468. The number of hydrogen-bond donors (Lipinski definition) is 2. The largest absolute Gasteiger partial charge is 0.489 e. The number of nitrogens with one attached hydrogen (secondary N) is 1. The number of fused-ring (bicyclic) bond motifs is 1. The molecule has 0 bridgehead atoms. The van der Waals surface area contributed by atoms with Crippen LogP contribution in [0.4, 0.5) is 21.5 Å². The van der Waals surface area contributed by atoms with Gasteiger partial charge in [0.25, 0.3) is 5.91 Å². The summed E-state index contributed by atoms with van der Waals surface area (Å²) in [5.74, 6) is -0.563. The molecule has 4 rings (SSSR count). The van der Waals surface area contributed by atoms with E-state index < -0.39 is 11.7 Å². The van der Waals surface area contributed by atoms with Crippen LogP contribution in [0.3, 0.4) is 0 Å². The van der Waals surface area contributed by atoms with Gasteiger partial charge in [-0.2, -0.15) is 0 Å². The molecule has 2 heterocycles. The maximum absolute atomic E-state index is 14.1. The lowest BCUT2D eigenvalue weighted by molar-refractivity contribution is 0.100. The number of benzene rings is 2. The van der Waals surface area contributed by atoms with Crippen molar-refractivity contribution in [1.82, 2.24) is 9.88 Å². The van der Waals surface area contributed by atoms with Gasteiger partial charge in [0.1, 0.15) is 18.2 Å². The lowest BCUT2D eigenvalue weighted by Crippen LogP contribution is -2.44. The molecular formula is C24H27ClFN5O3. The molecular weight excluding hydrogens is 461 g/mol. The Morgan fingerprint density at radius 1 is 1.24 bits per heavy atom. The number of rotatable bonds is 8. The van der Waals surface area contributed by atoms with Crippen LogP contribution in [0, 0.1) is 5.82 Å². The molecule has 1 aromatic heterocycles. The van der Waals surface area contributed by atoms with Crippen molar-refractivity contribution in [3.8, 4) is 5.75 Å². The Labute approximate surface area is 202 Å². The van der Waals surface area contributed by atoms with E-state index in [1.165, 1.54) is 18.3 Å². The van der Waals surface area contributed by atoms with E-state index in [4.69, 9.17) is 26.8 Å². The minimum Gasteiger partial charge on any atom is -0.489 e. The molecule has 10 heteroatoms. The third kappa shape index (κ3) is 5.01. The summed E-state index contributed by atoms with van der Waals surface area (Å²) >= 11 is 6.18. The number of hydrogen-bond acceptors (Lipinski definition) is 7. The molecule has 3 aromatic rings. The second-order valence-corrected chi connectivity index (χ2v) is 8.48. The smallest absolute Gasteiger partial charge is 0.252 e. The number of nitrogens with two attached hydrogens (primary N) is 1. The van der Waals surface area contributed by atoms with Crippen LogP contribution < -0.4 is 20.7 Å². The van der Waals surface area contributed by atoms with Gasteiger partial charge in [-0.3, -0.25) is 9.78 Å². The average molecular weight is 488 g/mol. The third-order valence-electron chi connectivity index (χ3n) is 5.81. The predicted molar refractivity (Wildman–Crippen MR) is 132 cm³/mol. The number of nitrogens with zero attached hydrogens (tertiary/aromatic N) is 3. The number of halogens is 2. The number of ether oxygens (including phenoxy) is 2. The minimum absolute atomic E-state index is 0.0818. The molecule has 1 amide bonds. The molecule has 3 N–H and O–H groups in total. The number of anilines is 3. The normalized spacial score (nSPS) is 14.4. The summed E-state index contributed by atoms with van der Waals surface area (Å²) < 4.78 is 25.2. The van der Waals surface area contributed by atoms with E-state index in [-0.39, 0.29) is 10.6 Å². The van der Waals surface area contributed by atoms with Crippen molar-refractivity contribution in [2.24, 2.45) is 5.73 Å². The number of methoxy groups -OCH3 is 1. The molecule has 34 heavy (non-hydrogen) atoms. The van der Waals surface area contributed by atoms with Gasteiger partial charge in [0.2, 0.25) is 0 Å². The fourth-order valence-corrected chi connectivity index (χ4v) is 4.08. The van der Waals surface area contributed by atoms with Gasteiger partial charge in [0.05, 0.1) is 39.8 Å². The van der Waals surface area contributed by atoms with E-state index in [1.54, 1.807) is 13.2 Å².